The van der Waals surface area contributed by atoms with Crippen LogP contribution in [0, 0.1) is 5.92 Å². The molecule has 3 nitrogen and oxygen atoms in total. The summed E-state index contributed by atoms with van der Waals surface area (Å²) in [6.07, 6.45) is 1.50. The van der Waals surface area contributed by atoms with Crippen molar-refractivity contribution in [3.8, 4) is 0 Å². The molecule has 0 rings (SSSR count). The number of rotatable bonds is 5. The minimum Gasteiger partial charge on any atom is -0.463 e. The summed E-state index contributed by atoms with van der Waals surface area (Å²) in [4.78, 5) is 11.1. The topological polar surface area (TPSA) is 35.5 Å². The molecule has 0 aliphatic carbocycles. The summed E-state index contributed by atoms with van der Waals surface area (Å²) in [5.41, 5.74) is 0. The van der Waals surface area contributed by atoms with Crippen molar-refractivity contribution in [3.05, 3.63) is 12.8 Å². The predicted molar refractivity (Wildman–Crippen MR) is 46.3 cm³/mol. The first-order valence-corrected chi connectivity index (χ1v) is 4.08. The molecule has 70 valence electrons. The Morgan fingerprint density at radius 1 is 1.58 bits per heavy atom. The average molecular weight is 172 g/mol. The van der Waals surface area contributed by atoms with Crippen LogP contribution in [0.5, 0.6) is 0 Å². The lowest BCUT2D eigenvalue weighted by molar-refractivity contribution is -0.170. The van der Waals surface area contributed by atoms with Crippen LogP contribution >= 0.6 is 0 Å². The number of carbonyl (C=O) groups is 1. The van der Waals surface area contributed by atoms with Crippen molar-refractivity contribution in [2.24, 2.45) is 5.92 Å². The maximum atomic E-state index is 11.1. The molecule has 0 aromatic rings. The van der Waals surface area contributed by atoms with E-state index in [0.717, 1.165) is 6.42 Å². The zero-order valence-electron chi connectivity index (χ0n) is 7.87. The third-order valence-electron chi connectivity index (χ3n) is 1.58. The van der Waals surface area contributed by atoms with Crippen molar-refractivity contribution in [2.45, 2.75) is 33.5 Å². The Hall–Kier alpha value is -0.990. The maximum absolute atomic E-state index is 11.1. The fourth-order valence-electron chi connectivity index (χ4n) is 0.610. The van der Waals surface area contributed by atoms with Crippen LogP contribution < -0.4 is 0 Å². The molecule has 0 aliphatic rings. The summed E-state index contributed by atoms with van der Waals surface area (Å²) in [6, 6.07) is 0. The van der Waals surface area contributed by atoms with E-state index in [1.54, 1.807) is 6.92 Å². The van der Waals surface area contributed by atoms with E-state index in [2.05, 4.69) is 6.58 Å². The summed E-state index contributed by atoms with van der Waals surface area (Å²) < 4.78 is 9.74. The van der Waals surface area contributed by atoms with E-state index in [1.165, 1.54) is 6.26 Å². The lowest BCUT2D eigenvalue weighted by Gasteiger charge is -2.14. The number of hydrogen-bond acceptors (Lipinski definition) is 3. The van der Waals surface area contributed by atoms with E-state index in [0.29, 0.717) is 0 Å². The maximum Gasteiger partial charge on any atom is 0.311 e. The molecule has 0 aliphatic heterocycles. The van der Waals surface area contributed by atoms with Crippen LogP contribution in [-0.4, -0.2) is 12.3 Å². The van der Waals surface area contributed by atoms with E-state index in [-0.39, 0.29) is 11.9 Å². The van der Waals surface area contributed by atoms with Gasteiger partial charge in [0.15, 0.2) is 0 Å². The Kier molecular flexibility index (Phi) is 5.17. The molecule has 0 N–H and O–H groups in total. The van der Waals surface area contributed by atoms with Crippen LogP contribution in [-0.2, 0) is 14.3 Å². The molecule has 0 spiro atoms. The second-order valence-electron chi connectivity index (χ2n) is 2.62. The quantitative estimate of drug-likeness (QED) is 0.362. The Morgan fingerprint density at radius 3 is 2.58 bits per heavy atom. The molecule has 0 saturated heterocycles. The third kappa shape index (κ3) is 4.01. The van der Waals surface area contributed by atoms with Gasteiger partial charge in [-0.1, -0.05) is 20.4 Å². The van der Waals surface area contributed by atoms with Gasteiger partial charge in [-0.15, -0.1) is 0 Å². The third-order valence-corrected chi connectivity index (χ3v) is 1.58. The Labute approximate surface area is 73.4 Å². The molecule has 0 aromatic carbocycles. The highest BCUT2D eigenvalue weighted by atomic mass is 16.7. The van der Waals surface area contributed by atoms with E-state index in [4.69, 9.17) is 9.47 Å². The van der Waals surface area contributed by atoms with E-state index < -0.39 is 6.29 Å². The van der Waals surface area contributed by atoms with Gasteiger partial charge in [-0.05, 0) is 6.42 Å². The highest BCUT2D eigenvalue weighted by Crippen LogP contribution is 2.06. The molecule has 3 heteroatoms. The first-order chi connectivity index (χ1) is 5.61. The lowest BCUT2D eigenvalue weighted by atomic mass is 10.1. The fraction of sp³-hybridized carbons (Fsp3) is 0.667. The highest BCUT2D eigenvalue weighted by molar-refractivity contribution is 5.71. The molecule has 0 aromatic heterocycles. The van der Waals surface area contributed by atoms with Crippen LogP contribution in [0.25, 0.3) is 0 Å². The first kappa shape index (κ1) is 11.0. The van der Waals surface area contributed by atoms with Crippen molar-refractivity contribution in [1.82, 2.24) is 0 Å². The molecule has 2 unspecified atom stereocenters. The second-order valence-corrected chi connectivity index (χ2v) is 2.62. The van der Waals surface area contributed by atoms with Crippen LogP contribution in [0.2, 0.25) is 0 Å². The first-order valence-electron chi connectivity index (χ1n) is 4.08. The van der Waals surface area contributed by atoms with Gasteiger partial charge in [0, 0.05) is 6.92 Å². The number of hydrogen-bond donors (Lipinski definition) is 0. The largest absolute Gasteiger partial charge is 0.463 e. The summed E-state index contributed by atoms with van der Waals surface area (Å²) in [5.74, 6) is -0.298. The Balaban J connectivity index is 3.75. The molecule has 0 saturated carbocycles. The van der Waals surface area contributed by atoms with Crippen molar-refractivity contribution in [2.75, 3.05) is 0 Å². The summed E-state index contributed by atoms with van der Waals surface area (Å²) in [5, 5.41) is 0. The number of carbonyl (C=O) groups excluding carboxylic acids is 1. The van der Waals surface area contributed by atoms with Crippen molar-refractivity contribution < 1.29 is 14.3 Å². The van der Waals surface area contributed by atoms with Crippen LogP contribution in [0.4, 0.5) is 0 Å². The Bertz CT molecular complexity index is 154. The SMILES string of the molecule is C=COC(C)OC(=O)C(C)CC. The fourth-order valence-corrected chi connectivity index (χ4v) is 0.610. The second kappa shape index (κ2) is 5.63. The molecule has 0 fully saturated rings. The molecular weight excluding hydrogens is 156 g/mol. The lowest BCUT2D eigenvalue weighted by Crippen LogP contribution is -2.21. The van der Waals surface area contributed by atoms with Gasteiger partial charge in [0.1, 0.15) is 0 Å². The zero-order chi connectivity index (χ0) is 9.56. The van der Waals surface area contributed by atoms with Crippen molar-refractivity contribution >= 4 is 5.97 Å². The van der Waals surface area contributed by atoms with Gasteiger partial charge < -0.3 is 9.47 Å². The molecular formula is C9H16O3. The van der Waals surface area contributed by atoms with Gasteiger partial charge in [-0.2, -0.15) is 0 Å². The number of ether oxygens (including phenoxy) is 2. The molecule has 0 heterocycles. The monoisotopic (exact) mass is 172 g/mol. The molecule has 12 heavy (non-hydrogen) atoms. The average Bonchev–Trinajstić information content (AvgIpc) is 2.03. The van der Waals surface area contributed by atoms with Crippen molar-refractivity contribution in [3.63, 3.8) is 0 Å². The van der Waals surface area contributed by atoms with Gasteiger partial charge in [0.2, 0.25) is 6.29 Å². The normalized spacial score (nSPS) is 14.6. The van der Waals surface area contributed by atoms with Gasteiger partial charge >= 0.3 is 5.97 Å². The molecule has 0 bridgehead atoms. The smallest absolute Gasteiger partial charge is 0.311 e. The number of esters is 1. The minimum atomic E-state index is -0.538. The van der Waals surface area contributed by atoms with Crippen LogP contribution in [0.15, 0.2) is 12.8 Å². The summed E-state index contributed by atoms with van der Waals surface area (Å²) in [6.45, 7) is 8.77. The van der Waals surface area contributed by atoms with Crippen LogP contribution in [0.1, 0.15) is 27.2 Å². The standard InChI is InChI=1S/C9H16O3/c1-5-7(3)9(10)12-8(4)11-6-2/h6-8H,2,5H2,1,3-4H3. The van der Waals surface area contributed by atoms with E-state index in [1.807, 2.05) is 13.8 Å². The van der Waals surface area contributed by atoms with E-state index in [9.17, 15) is 4.79 Å². The van der Waals surface area contributed by atoms with Crippen LogP contribution in [0.3, 0.4) is 0 Å². The Morgan fingerprint density at radius 2 is 2.17 bits per heavy atom. The van der Waals surface area contributed by atoms with Gasteiger partial charge in [-0.3, -0.25) is 4.79 Å². The molecule has 2 atom stereocenters. The van der Waals surface area contributed by atoms with Crippen molar-refractivity contribution in [1.29, 1.82) is 0 Å². The highest BCUT2D eigenvalue weighted by Gasteiger charge is 2.14. The van der Waals surface area contributed by atoms with Gasteiger partial charge in [0.25, 0.3) is 0 Å². The van der Waals surface area contributed by atoms with E-state index >= 15 is 0 Å². The van der Waals surface area contributed by atoms with Gasteiger partial charge in [-0.25, -0.2) is 0 Å². The molecule has 0 radical (unpaired) electrons. The molecule has 0 amide bonds. The zero-order valence-corrected chi connectivity index (χ0v) is 7.87. The van der Waals surface area contributed by atoms with Gasteiger partial charge in [0.05, 0.1) is 12.2 Å². The summed E-state index contributed by atoms with van der Waals surface area (Å²) >= 11 is 0. The summed E-state index contributed by atoms with van der Waals surface area (Å²) in [7, 11) is 0. The minimum absolute atomic E-state index is 0.0686. The predicted octanol–water partition coefficient (Wildman–Crippen LogP) is 2.08.